The average Bonchev–Trinajstić information content (AvgIpc) is 2.49. The fraction of sp³-hybridized carbons (Fsp3) is 0.667. The quantitative estimate of drug-likeness (QED) is 0.805. The highest BCUT2D eigenvalue weighted by atomic mass is 19.1. The van der Waals surface area contributed by atoms with Gasteiger partial charge in [-0.05, 0) is 60.8 Å². The van der Waals surface area contributed by atoms with Crippen molar-refractivity contribution in [3.05, 3.63) is 35.4 Å². The van der Waals surface area contributed by atoms with Crippen LogP contribution in [0.15, 0.2) is 18.2 Å². The van der Waals surface area contributed by atoms with Gasteiger partial charge in [0.05, 0.1) is 0 Å². The Balaban J connectivity index is 1.96. The lowest BCUT2D eigenvalue weighted by molar-refractivity contribution is 0.128. The van der Waals surface area contributed by atoms with Crippen molar-refractivity contribution < 1.29 is 13.9 Å². The van der Waals surface area contributed by atoms with E-state index in [1.54, 1.807) is 0 Å². The van der Waals surface area contributed by atoms with Crippen LogP contribution >= 0.6 is 0 Å². The lowest BCUT2D eigenvalue weighted by Crippen LogP contribution is -2.26. The summed E-state index contributed by atoms with van der Waals surface area (Å²) in [5.74, 6) is 0.524. The Labute approximate surface area is 126 Å². The van der Waals surface area contributed by atoms with Crippen LogP contribution in [-0.4, -0.2) is 11.7 Å². The Hall–Kier alpha value is -0.960. The molecule has 1 N–H and O–H groups in total. The highest BCUT2D eigenvalue weighted by Crippen LogP contribution is 2.36. The Bertz CT molecular complexity index is 439. The van der Waals surface area contributed by atoms with Gasteiger partial charge in [0, 0.05) is 6.61 Å². The maximum Gasteiger partial charge on any atom is 0.126 e. The van der Waals surface area contributed by atoms with Gasteiger partial charge in [-0.25, -0.2) is 8.78 Å². The van der Waals surface area contributed by atoms with E-state index in [4.69, 9.17) is 0 Å². The lowest BCUT2D eigenvalue weighted by Gasteiger charge is -2.33. The second kappa shape index (κ2) is 7.88. The van der Waals surface area contributed by atoms with Gasteiger partial charge < -0.3 is 5.11 Å². The highest BCUT2D eigenvalue weighted by molar-refractivity contribution is 5.19. The molecule has 21 heavy (non-hydrogen) atoms. The largest absolute Gasteiger partial charge is 0.396 e. The van der Waals surface area contributed by atoms with Crippen LogP contribution in [0.25, 0.3) is 0 Å². The maximum absolute atomic E-state index is 13.7. The third kappa shape index (κ3) is 4.50. The highest BCUT2D eigenvalue weighted by Gasteiger charge is 2.27. The smallest absolute Gasteiger partial charge is 0.126 e. The minimum Gasteiger partial charge on any atom is -0.396 e. The molecule has 0 saturated heterocycles. The van der Waals surface area contributed by atoms with Gasteiger partial charge in [-0.3, -0.25) is 0 Å². The summed E-state index contributed by atoms with van der Waals surface area (Å²) < 4.78 is 27.0. The molecule has 3 heteroatoms. The molecule has 1 aromatic carbocycles. The summed E-state index contributed by atoms with van der Waals surface area (Å²) in [6.45, 7) is 2.27. The Morgan fingerprint density at radius 2 is 1.90 bits per heavy atom. The first-order chi connectivity index (χ1) is 10.1. The second-order valence-corrected chi connectivity index (χ2v) is 6.45. The van der Waals surface area contributed by atoms with E-state index >= 15 is 0 Å². The van der Waals surface area contributed by atoms with E-state index in [0.717, 1.165) is 24.8 Å². The molecule has 0 spiro atoms. The molecule has 1 nitrogen and oxygen atoms in total. The number of halogens is 2. The van der Waals surface area contributed by atoms with Crippen molar-refractivity contribution >= 4 is 0 Å². The van der Waals surface area contributed by atoms with Gasteiger partial charge in [-0.15, -0.1) is 0 Å². The van der Waals surface area contributed by atoms with Crippen LogP contribution in [0.4, 0.5) is 8.78 Å². The van der Waals surface area contributed by atoms with Crippen molar-refractivity contribution in [2.75, 3.05) is 6.61 Å². The van der Waals surface area contributed by atoms with Crippen LogP contribution in [0, 0.1) is 29.4 Å². The Kier molecular flexibility index (Phi) is 6.16. The first-order valence-corrected chi connectivity index (χ1v) is 8.18. The Morgan fingerprint density at radius 3 is 2.52 bits per heavy atom. The molecule has 1 aromatic rings. The third-order valence-corrected chi connectivity index (χ3v) is 4.98. The summed E-state index contributed by atoms with van der Waals surface area (Å²) in [5, 5.41) is 9.65. The van der Waals surface area contributed by atoms with Crippen LogP contribution in [0.3, 0.4) is 0 Å². The minimum atomic E-state index is -0.408. The summed E-state index contributed by atoms with van der Waals surface area (Å²) in [6, 6.07) is 3.58. The number of benzene rings is 1. The molecular formula is C18H26F2O. The molecule has 0 amide bonds. The van der Waals surface area contributed by atoms with E-state index in [1.165, 1.54) is 37.8 Å². The van der Waals surface area contributed by atoms with Crippen molar-refractivity contribution in [3.8, 4) is 0 Å². The molecule has 1 aliphatic carbocycles. The van der Waals surface area contributed by atoms with Gasteiger partial charge in [0.2, 0.25) is 0 Å². The first kappa shape index (κ1) is 16.4. The third-order valence-electron chi connectivity index (χ3n) is 4.98. The van der Waals surface area contributed by atoms with Gasteiger partial charge in [0.25, 0.3) is 0 Å². The fourth-order valence-corrected chi connectivity index (χ4v) is 3.72. The minimum absolute atomic E-state index is 0.0453. The van der Waals surface area contributed by atoms with Gasteiger partial charge in [0.15, 0.2) is 0 Å². The zero-order valence-corrected chi connectivity index (χ0v) is 12.8. The van der Waals surface area contributed by atoms with E-state index in [9.17, 15) is 13.9 Å². The second-order valence-electron chi connectivity index (χ2n) is 6.45. The lowest BCUT2D eigenvalue weighted by atomic mass is 9.73. The topological polar surface area (TPSA) is 20.2 Å². The molecule has 118 valence electrons. The molecule has 0 aliphatic heterocycles. The predicted molar refractivity (Wildman–Crippen MR) is 81.0 cm³/mol. The summed E-state index contributed by atoms with van der Waals surface area (Å²) in [5.41, 5.74) is 0.393. The molecule has 0 heterocycles. The normalized spacial score (nSPS) is 24.0. The van der Waals surface area contributed by atoms with Crippen molar-refractivity contribution in [1.82, 2.24) is 0 Å². The number of hydrogen-bond donors (Lipinski definition) is 1. The zero-order valence-electron chi connectivity index (χ0n) is 12.8. The molecule has 0 radical (unpaired) electrons. The van der Waals surface area contributed by atoms with Crippen molar-refractivity contribution in [2.45, 2.75) is 51.9 Å². The van der Waals surface area contributed by atoms with E-state index < -0.39 is 5.82 Å². The summed E-state index contributed by atoms with van der Waals surface area (Å²) in [6.07, 6.45) is 7.58. The van der Waals surface area contributed by atoms with Crippen LogP contribution in [0.2, 0.25) is 0 Å². The number of hydrogen-bond acceptors (Lipinski definition) is 1. The van der Waals surface area contributed by atoms with Gasteiger partial charge in [0.1, 0.15) is 11.6 Å². The SMILES string of the molecule is CCCC1CCC(C(CO)Cc2cc(F)ccc2F)CC1. The maximum atomic E-state index is 13.7. The van der Waals surface area contributed by atoms with E-state index in [2.05, 4.69) is 6.92 Å². The van der Waals surface area contributed by atoms with E-state index in [-0.39, 0.29) is 18.3 Å². The number of aliphatic hydroxyl groups excluding tert-OH is 1. The van der Waals surface area contributed by atoms with Gasteiger partial charge in [-0.2, -0.15) is 0 Å². The fourth-order valence-electron chi connectivity index (χ4n) is 3.72. The van der Waals surface area contributed by atoms with E-state index in [0.29, 0.717) is 17.9 Å². The van der Waals surface area contributed by atoms with Crippen LogP contribution < -0.4 is 0 Å². The van der Waals surface area contributed by atoms with Crippen LogP contribution in [0.5, 0.6) is 0 Å². The molecule has 2 rings (SSSR count). The van der Waals surface area contributed by atoms with Gasteiger partial charge in [-0.1, -0.05) is 32.6 Å². The molecule has 1 fully saturated rings. The predicted octanol–water partition coefficient (Wildman–Crippen LogP) is 4.72. The van der Waals surface area contributed by atoms with Crippen molar-refractivity contribution in [1.29, 1.82) is 0 Å². The Morgan fingerprint density at radius 1 is 1.19 bits per heavy atom. The summed E-state index contributed by atoms with van der Waals surface area (Å²) in [7, 11) is 0. The van der Waals surface area contributed by atoms with Crippen molar-refractivity contribution in [2.24, 2.45) is 17.8 Å². The zero-order chi connectivity index (χ0) is 15.2. The molecule has 1 unspecified atom stereocenters. The van der Waals surface area contributed by atoms with Crippen molar-refractivity contribution in [3.63, 3.8) is 0 Å². The van der Waals surface area contributed by atoms with Crippen LogP contribution in [0.1, 0.15) is 51.0 Å². The van der Waals surface area contributed by atoms with Gasteiger partial charge >= 0.3 is 0 Å². The monoisotopic (exact) mass is 296 g/mol. The molecule has 0 bridgehead atoms. The number of rotatable bonds is 6. The molecule has 0 aromatic heterocycles. The van der Waals surface area contributed by atoms with Crippen LogP contribution in [-0.2, 0) is 6.42 Å². The molecule has 1 aliphatic rings. The molecule has 1 saturated carbocycles. The average molecular weight is 296 g/mol. The molecule has 1 atom stereocenters. The summed E-state index contributed by atoms with van der Waals surface area (Å²) in [4.78, 5) is 0. The first-order valence-electron chi connectivity index (χ1n) is 8.18. The van der Waals surface area contributed by atoms with E-state index in [1.807, 2.05) is 0 Å². The number of aliphatic hydroxyl groups is 1. The standard InChI is InChI=1S/C18H26F2O/c1-2-3-13-4-6-14(7-5-13)16(12-21)10-15-11-17(19)8-9-18(15)20/h8-9,11,13-14,16,21H,2-7,10,12H2,1H3. The molecular weight excluding hydrogens is 270 g/mol. The summed E-state index contributed by atoms with van der Waals surface area (Å²) >= 11 is 0.